The lowest BCUT2D eigenvalue weighted by atomic mass is 10.0. The highest BCUT2D eigenvalue weighted by Crippen LogP contribution is 2.12. The fourth-order valence-electron chi connectivity index (χ4n) is 1.54. The van der Waals surface area contributed by atoms with E-state index in [4.69, 9.17) is 0 Å². The average molecular weight is 335 g/mol. The number of alkyl halides is 1. The molecule has 0 spiro atoms. The Labute approximate surface area is 111 Å². The molecule has 0 aliphatic carbocycles. The summed E-state index contributed by atoms with van der Waals surface area (Å²) in [6.07, 6.45) is 0. The summed E-state index contributed by atoms with van der Waals surface area (Å²) in [5.41, 5.74) is 2.19. The molecule has 1 nitrogen and oxygen atoms in total. The van der Waals surface area contributed by atoms with Crippen molar-refractivity contribution in [2.24, 2.45) is 5.92 Å². The number of benzene rings is 1. The van der Waals surface area contributed by atoms with Crippen molar-refractivity contribution in [1.29, 1.82) is 0 Å². The molecule has 1 N–H and O–H groups in total. The summed E-state index contributed by atoms with van der Waals surface area (Å²) < 4.78 is 14.2. The Balaban J connectivity index is 2.63. The van der Waals surface area contributed by atoms with E-state index in [1.165, 1.54) is 6.07 Å². The van der Waals surface area contributed by atoms with Gasteiger partial charge in [-0.15, -0.1) is 0 Å². The first-order chi connectivity index (χ1) is 7.54. The molecule has 1 unspecified atom stereocenters. The van der Waals surface area contributed by atoms with Gasteiger partial charge in [-0.3, -0.25) is 0 Å². The molecule has 0 aliphatic rings. The van der Waals surface area contributed by atoms with E-state index in [0.29, 0.717) is 12.0 Å². The number of nitrogens with one attached hydrogen (secondary N) is 1. The summed E-state index contributed by atoms with van der Waals surface area (Å²) in [4.78, 5) is 0. The molecule has 0 aromatic heterocycles. The molecule has 0 fully saturated rings. The van der Waals surface area contributed by atoms with Crippen LogP contribution in [0.25, 0.3) is 0 Å². The fraction of sp³-hybridized carbons (Fsp3) is 0.538. The van der Waals surface area contributed by atoms with E-state index in [2.05, 4.69) is 41.8 Å². The van der Waals surface area contributed by atoms with Gasteiger partial charge in [-0.25, -0.2) is 4.39 Å². The summed E-state index contributed by atoms with van der Waals surface area (Å²) in [6.45, 7) is 7.17. The van der Waals surface area contributed by atoms with Gasteiger partial charge in [0.15, 0.2) is 0 Å². The molecular formula is C13H19FIN. The molecule has 0 bridgehead atoms. The Bertz CT molecular complexity index is 339. The highest BCUT2D eigenvalue weighted by molar-refractivity contribution is 14.1. The van der Waals surface area contributed by atoms with Crippen LogP contribution < -0.4 is 5.32 Å². The van der Waals surface area contributed by atoms with Crippen molar-refractivity contribution in [3.8, 4) is 0 Å². The lowest BCUT2D eigenvalue weighted by Crippen LogP contribution is -2.34. The Kier molecular flexibility index (Phi) is 5.69. The van der Waals surface area contributed by atoms with E-state index in [1.807, 2.05) is 13.0 Å². The van der Waals surface area contributed by atoms with Crippen molar-refractivity contribution in [1.82, 2.24) is 5.32 Å². The molecule has 0 radical (unpaired) electrons. The van der Waals surface area contributed by atoms with E-state index < -0.39 is 0 Å². The van der Waals surface area contributed by atoms with Gasteiger partial charge in [0.05, 0.1) is 0 Å². The number of aryl methyl sites for hydroxylation is 1. The molecule has 1 rings (SSSR count). The Hall–Kier alpha value is -0.160. The molecule has 1 aromatic carbocycles. The monoisotopic (exact) mass is 335 g/mol. The van der Waals surface area contributed by atoms with Gasteiger partial charge in [-0.1, -0.05) is 42.5 Å². The maximum Gasteiger partial charge on any atom is 0.123 e. The maximum absolute atomic E-state index is 13.1. The normalized spacial score (nSPS) is 13.1. The predicted molar refractivity (Wildman–Crippen MR) is 75.5 cm³/mol. The van der Waals surface area contributed by atoms with Gasteiger partial charge in [-0.2, -0.15) is 0 Å². The molecule has 90 valence electrons. The lowest BCUT2D eigenvalue weighted by molar-refractivity contribution is 0.435. The summed E-state index contributed by atoms with van der Waals surface area (Å²) in [7, 11) is 0. The van der Waals surface area contributed by atoms with Gasteiger partial charge in [0.25, 0.3) is 0 Å². The van der Waals surface area contributed by atoms with Crippen LogP contribution in [0.1, 0.15) is 25.0 Å². The average Bonchev–Trinajstić information content (AvgIpc) is 2.23. The molecule has 16 heavy (non-hydrogen) atoms. The van der Waals surface area contributed by atoms with Crippen molar-refractivity contribution >= 4 is 22.6 Å². The summed E-state index contributed by atoms with van der Waals surface area (Å²) in [5, 5.41) is 3.48. The van der Waals surface area contributed by atoms with Gasteiger partial charge in [0.1, 0.15) is 5.82 Å². The minimum Gasteiger partial charge on any atom is -0.309 e. The van der Waals surface area contributed by atoms with Crippen molar-refractivity contribution in [3.05, 3.63) is 35.1 Å². The number of halogens is 2. The van der Waals surface area contributed by atoms with Crippen LogP contribution in [0.2, 0.25) is 0 Å². The summed E-state index contributed by atoms with van der Waals surface area (Å²) in [6, 6.07) is 5.45. The van der Waals surface area contributed by atoms with Crippen LogP contribution in [-0.4, -0.2) is 10.5 Å². The molecule has 0 amide bonds. The third-order valence-electron chi connectivity index (χ3n) is 2.84. The molecule has 3 heteroatoms. The van der Waals surface area contributed by atoms with Gasteiger partial charge in [-0.05, 0) is 36.1 Å². The lowest BCUT2D eigenvalue weighted by Gasteiger charge is -2.20. The van der Waals surface area contributed by atoms with Gasteiger partial charge in [0, 0.05) is 17.0 Å². The summed E-state index contributed by atoms with van der Waals surface area (Å²) in [5.74, 6) is 0.448. The second kappa shape index (κ2) is 6.55. The molecule has 1 atom stereocenters. The minimum atomic E-state index is -0.155. The van der Waals surface area contributed by atoms with E-state index >= 15 is 0 Å². The van der Waals surface area contributed by atoms with Crippen LogP contribution in [0.3, 0.4) is 0 Å². The van der Waals surface area contributed by atoms with Crippen LogP contribution >= 0.6 is 22.6 Å². The zero-order chi connectivity index (χ0) is 12.1. The maximum atomic E-state index is 13.1. The first-order valence-electron chi connectivity index (χ1n) is 5.59. The quantitative estimate of drug-likeness (QED) is 0.639. The predicted octanol–water partition coefficient (Wildman–Crippen LogP) is 3.68. The zero-order valence-electron chi connectivity index (χ0n) is 10.1. The van der Waals surface area contributed by atoms with E-state index in [9.17, 15) is 4.39 Å². The molecule has 0 heterocycles. The van der Waals surface area contributed by atoms with Crippen molar-refractivity contribution in [2.75, 3.05) is 4.43 Å². The second-order valence-corrected chi connectivity index (χ2v) is 5.34. The van der Waals surface area contributed by atoms with Crippen molar-refractivity contribution < 1.29 is 4.39 Å². The first kappa shape index (κ1) is 13.9. The smallest absolute Gasteiger partial charge is 0.123 e. The largest absolute Gasteiger partial charge is 0.309 e. The minimum absolute atomic E-state index is 0.155. The summed E-state index contributed by atoms with van der Waals surface area (Å²) >= 11 is 2.39. The highest BCUT2D eigenvalue weighted by atomic mass is 127. The molecular weight excluding hydrogens is 316 g/mol. The van der Waals surface area contributed by atoms with Crippen LogP contribution in [0.4, 0.5) is 4.39 Å². The third-order valence-corrected chi connectivity index (χ3v) is 3.79. The highest BCUT2D eigenvalue weighted by Gasteiger charge is 2.11. The Morgan fingerprint density at radius 2 is 2.06 bits per heavy atom. The van der Waals surface area contributed by atoms with Crippen molar-refractivity contribution in [3.63, 3.8) is 0 Å². The van der Waals surface area contributed by atoms with Gasteiger partial charge in [0.2, 0.25) is 0 Å². The molecule has 0 aliphatic heterocycles. The second-order valence-electron chi connectivity index (χ2n) is 4.46. The first-order valence-corrected chi connectivity index (χ1v) is 7.11. The van der Waals surface area contributed by atoms with Crippen LogP contribution in [0.5, 0.6) is 0 Å². The van der Waals surface area contributed by atoms with Crippen LogP contribution in [0, 0.1) is 18.7 Å². The number of hydrogen-bond acceptors (Lipinski definition) is 1. The number of hydrogen-bond donors (Lipinski definition) is 1. The van der Waals surface area contributed by atoms with E-state index in [1.54, 1.807) is 6.07 Å². The Morgan fingerprint density at radius 3 is 2.62 bits per heavy atom. The standard InChI is InChI=1S/C13H19FIN/c1-9(2)13(7-15)16-8-11-6-12(14)5-4-10(11)3/h4-6,9,13,16H,7-8H2,1-3H3. The van der Waals surface area contributed by atoms with Crippen molar-refractivity contribution in [2.45, 2.75) is 33.4 Å². The fourth-order valence-corrected chi connectivity index (χ4v) is 2.87. The van der Waals surface area contributed by atoms with E-state index in [0.717, 1.165) is 22.1 Å². The third kappa shape index (κ3) is 4.01. The molecule has 0 saturated carbocycles. The number of rotatable bonds is 5. The van der Waals surface area contributed by atoms with Gasteiger partial charge < -0.3 is 5.32 Å². The zero-order valence-corrected chi connectivity index (χ0v) is 12.2. The topological polar surface area (TPSA) is 12.0 Å². The molecule has 1 aromatic rings. The van der Waals surface area contributed by atoms with Crippen LogP contribution in [0.15, 0.2) is 18.2 Å². The van der Waals surface area contributed by atoms with Gasteiger partial charge >= 0.3 is 0 Å². The van der Waals surface area contributed by atoms with E-state index in [-0.39, 0.29) is 5.82 Å². The van der Waals surface area contributed by atoms with Crippen LogP contribution in [-0.2, 0) is 6.54 Å². The molecule has 0 saturated heterocycles. The SMILES string of the molecule is Cc1ccc(F)cc1CNC(CI)C(C)C. The Morgan fingerprint density at radius 1 is 1.38 bits per heavy atom.